The second-order valence-corrected chi connectivity index (χ2v) is 17.0. The molecule has 0 radical (unpaired) electrons. The number of Topliss-reactive ketones (excluding diaryl/α,β-unsaturated/α-hetero) is 1. The highest BCUT2D eigenvalue weighted by molar-refractivity contribution is 7.15. The molecule has 2 N–H and O–H groups in total. The third-order valence-electron chi connectivity index (χ3n) is 11.2. The fourth-order valence-corrected chi connectivity index (χ4v) is 9.22. The smallest absolute Gasteiger partial charge is 0.255 e. The summed E-state index contributed by atoms with van der Waals surface area (Å²) in [5.74, 6) is 0.0687. The Kier molecular flexibility index (Phi) is 11.7. The van der Waals surface area contributed by atoms with Gasteiger partial charge in [-0.05, 0) is 87.7 Å². The maximum Gasteiger partial charge on any atom is 0.255 e. The molecular weight excluding hydrogens is 816 g/mol. The quantitative estimate of drug-likeness (QED) is 0.0723. The first-order valence-corrected chi connectivity index (χ1v) is 21.2. The van der Waals surface area contributed by atoms with Gasteiger partial charge in [0.1, 0.15) is 22.9 Å². The predicted octanol–water partition coefficient (Wildman–Crippen LogP) is 6.97. The summed E-state index contributed by atoms with van der Waals surface area (Å²) in [4.78, 5) is 73.3. The minimum absolute atomic E-state index is 0.0284. The Morgan fingerprint density at radius 2 is 1.77 bits per heavy atom. The molecule has 4 amide bonds. The number of amides is 4. The van der Waals surface area contributed by atoms with Crippen LogP contribution in [0.3, 0.4) is 0 Å². The lowest BCUT2D eigenvalue weighted by atomic mass is 9.99. The highest BCUT2D eigenvalue weighted by atomic mass is 35.5. The first kappa shape index (κ1) is 41.3. The number of aromatic nitrogens is 3. The number of azo groups is 1. The van der Waals surface area contributed by atoms with Crippen LogP contribution >= 0.6 is 22.9 Å². The molecule has 2 unspecified atom stereocenters. The predicted molar refractivity (Wildman–Crippen MR) is 232 cm³/mol. The van der Waals surface area contributed by atoms with Crippen LogP contribution in [0.4, 0.5) is 17.1 Å². The molecule has 3 aliphatic heterocycles. The topological polar surface area (TPSA) is 184 Å². The van der Waals surface area contributed by atoms with E-state index in [0.717, 1.165) is 38.0 Å². The molecule has 0 spiro atoms. The van der Waals surface area contributed by atoms with Crippen LogP contribution in [-0.2, 0) is 25.7 Å². The number of fused-ring (bicyclic) bond motifs is 4. The van der Waals surface area contributed by atoms with Gasteiger partial charge < -0.3 is 15.1 Å². The first-order chi connectivity index (χ1) is 29.4. The zero-order valence-electron chi connectivity index (χ0n) is 34.1. The summed E-state index contributed by atoms with van der Waals surface area (Å²) in [6.07, 6.45) is 1.28. The molecule has 1 fully saturated rings. The van der Waals surface area contributed by atoms with Crippen LogP contribution in [0.15, 0.2) is 82.0 Å². The van der Waals surface area contributed by atoms with Crippen molar-refractivity contribution in [1.29, 1.82) is 0 Å². The number of likely N-dealkylation sites (N-methyl/N-ethyl adjacent to an activating group) is 1. The number of halogens is 1. The van der Waals surface area contributed by atoms with E-state index >= 15 is 0 Å². The number of nitrogens with one attached hydrogen (secondary N) is 2. The molecule has 2 atom stereocenters. The van der Waals surface area contributed by atoms with Gasteiger partial charge in [-0.2, -0.15) is 10.2 Å². The summed E-state index contributed by atoms with van der Waals surface area (Å²) < 4.78 is 2.01. The number of thiophene rings is 1. The number of carbonyl (C=O) groups is 5. The zero-order valence-corrected chi connectivity index (χ0v) is 35.6. The monoisotopic (exact) mass is 858 g/mol. The van der Waals surface area contributed by atoms with E-state index in [1.54, 1.807) is 41.7 Å². The van der Waals surface area contributed by atoms with E-state index in [4.69, 9.17) is 16.6 Å². The van der Waals surface area contributed by atoms with E-state index in [0.29, 0.717) is 52.1 Å². The lowest BCUT2D eigenvalue weighted by Crippen LogP contribution is -2.52. The van der Waals surface area contributed by atoms with Crippen molar-refractivity contribution in [3.63, 3.8) is 0 Å². The van der Waals surface area contributed by atoms with Crippen LogP contribution in [0, 0.1) is 20.8 Å². The molecule has 0 saturated carbocycles. The molecule has 8 rings (SSSR count). The van der Waals surface area contributed by atoms with Crippen molar-refractivity contribution in [3.8, 4) is 5.00 Å². The first-order valence-electron chi connectivity index (χ1n) is 20.0. The van der Waals surface area contributed by atoms with Gasteiger partial charge >= 0.3 is 0 Å². The molecule has 0 bridgehead atoms. The van der Waals surface area contributed by atoms with Gasteiger partial charge in [-0.15, -0.1) is 21.5 Å². The Bertz CT molecular complexity index is 2630. The molecule has 15 nitrogen and oxygen atoms in total. The number of nitrogens with zero attached hydrogens (tertiary/aromatic N) is 8. The van der Waals surface area contributed by atoms with E-state index in [1.165, 1.54) is 4.90 Å². The van der Waals surface area contributed by atoms with E-state index in [9.17, 15) is 24.0 Å². The van der Waals surface area contributed by atoms with Gasteiger partial charge in [0.2, 0.25) is 17.7 Å². The molecule has 61 heavy (non-hydrogen) atoms. The SMILES string of the molecule is Cc1sc2c(c1C)C(c1ccc(Cl)cc1)=NC(CC(=O)NCCCC(=O)CN(C)c1ccc(N=Nc3cccc4c3CN(C3CCC(=O)NC3=O)C4=O)cc1)c1nnc(C)n1-2. The van der Waals surface area contributed by atoms with Crippen molar-refractivity contribution >= 4 is 75.1 Å². The van der Waals surface area contributed by atoms with Crippen molar-refractivity contribution in [2.75, 3.05) is 25.0 Å². The standard InChI is InChI=1S/C44H43ClN10O5S/c1-24-25(2)61-44-39(24)40(27-10-12-28(45)13-11-27)47-35(41-52-49-26(3)55(41)44)21-38(58)46-20-6-7-31(56)22-53(4)30-16-14-29(15-17-30)50-51-34-9-5-8-32-33(34)23-54(43(32)60)36-18-19-37(57)48-42(36)59/h5,8-17,35-36H,6-7,18-23H2,1-4H3,(H,46,58)(H,48,57,59). The molecule has 17 heteroatoms. The zero-order chi connectivity index (χ0) is 42.9. The minimum atomic E-state index is -0.715. The number of aliphatic imine (C=N–C) groups is 1. The number of aryl methyl sites for hydroxylation is 2. The second kappa shape index (κ2) is 17.3. The lowest BCUT2D eigenvalue weighted by Gasteiger charge is -2.29. The van der Waals surface area contributed by atoms with E-state index in [-0.39, 0.29) is 62.3 Å². The number of rotatable bonds is 13. The normalized spacial score (nSPS) is 17.1. The highest BCUT2D eigenvalue weighted by Gasteiger charge is 2.40. The Labute approximate surface area is 360 Å². The van der Waals surface area contributed by atoms with Gasteiger partial charge in [-0.25, -0.2) is 0 Å². The molecule has 1 saturated heterocycles. The summed E-state index contributed by atoms with van der Waals surface area (Å²) in [7, 11) is 1.84. The number of hydrogen-bond acceptors (Lipinski definition) is 12. The van der Waals surface area contributed by atoms with Crippen LogP contribution in [0.2, 0.25) is 5.02 Å². The average molecular weight is 859 g/mol. The Morgan fingerprint density at radius 3 is 2.52 bits per heavy atom. The third kappa shape index (κ3) is 8.50. The van der Waals surface area contributed by atoms with Gasteiger partial charge in [0.05, 0.1) is 30.1 Å². The lowest BCUT2D eigenvalue weighted by molar-refractivity contribution is -0.137. The summed E-state index contributed by atoms with van der Waals surface area (Å²) in [6, 6.07) is 18.7. The van der Waals surface area contributed by atoms with Gasteiger partial charge in [-0.3, -0.25) is 38.8 Å². The third-order valence-corrected chi connectivity index (χ3v) is 12.7. The maximum atomic E-state index is 13.4. The molecule has 2 aromatic heterocycles. The number of ketones is 1. The second-order valence-electron chi connectivity index (χ2n) is 15.4. The van der Waals surface area contributed by atoms with Crippen LogP contribution < -0.4 is 15.5 Å². The van der Waals surface area contributed by atoms with Crippen LogP contribution in [-0.4, -0.2) is 81.0 Å². The summed E-state index contributed by atoms with van der Waals surface area (Å²) in [5.41, 5.74) is 6.84. The molecule has 3 aliphatic rings. The number of benzene rings is 3. The maximum absolute atomic E-state index is 13.4. The number of imide groups is 1. The largest absolute Gasteiger partial charge is 0.367 e. The number of carbonyl (C=O) groups excluding carboxylic acids is 5. The van der Waals surface area contributed by atoms with E-state index in [1.807, 2.05) is 59.8 Å². The number of piperidine rings is 1. The van der Waals surface area contributed by atoms with E-state index < -0.39 is 18.0 Å². The summed E-state index contributed by atoms with van der Waals surface area (Å²) in [6.45, 7) is 6.78. The van der Waals surface area contributed by atoms with Crippen molar-refractivity contribution in [1.82, 2.24) is 30.3 Å². The molecule has 3 aromatic carbocycles. The Hall–Kier alpha value is -6.39. The van der Waals surface area contributed by atoms with Crippen molar-refractivity contribution in [2.24, 2.45) is 15.2 Å². The van der Waals surface area contributed by atoms with E-state index in [2.05, 4.69) is 44.9 Å². The Morgan fingerprint density at radius 1 is 1.00 bits per heavy atom. The minimum Gasteiger partial charge on any atom is -0.367 e. The van der Waals surface area contributed by atoms with Crippen molar-refractivity contribution in [3.05, 3.63) is 116 Å². The molecular formula is C44H43ClN10O5S. The van der Waals surface area contributed by atoms with Gasteiger partial charge in [-0.1, -0.05) is 29.8 Å². The van der Waals surface area contributed by atoms with Gasteiger partial charge in [0.25, 0.3) is 5.91 Å². The molecule has 5 heterocycles. The van der Waals surface area contributed by atoms with Gasteiger partial charge in [0.15, 0.2) is 11.6 Å². The van der Waals surface area contributed by atoms with Crippen molar-refractivity contribution < 1.29 is 24.0 Å². The molecule has 5 aromatic rings. The molecule has 312 valence electrons. The highest BCUT2D eigenvalue weighted by Crippen LogP contribution is 2.40. The van der Waals surface area contributed by atoms with Gasteiger partial charge in [0, 0.05) is 70.8 Å². The number of hydrogen-bond donors (Lipinski definition) is 2. The van der Waals surface area contributed by atoms with Crippen molar-refractivity contribution in [2.45, 2.75) is 71.5 Å². The fourth-order valence-electron chi connectivity index (χ4n) is 7.88. The average Bonchev–Trinajstić information content (AvgIpc) is 3.86. The molecule has 0 aliphatic carbocycles. The summed E-state index contributed by atoms with van der Waals surface area (Å²) >= 11 is 7.88. The fraction of sp³-hybridized carbons (Fsp3) is 0.318. The number of anilines is 1. The summed E-state index contributed by atoms with van der Waals surface area (Å²) in [5, 5.41) is 24.6. The Balaban J connectivity index is 0.837. The van der Waals surface area contributed by atoms with Crippen LogP contribution in [0.25, 0.3) is 5.00 Å². The van der Waals surface area contributed by atoms with Crippen LogP contribution in [0.1, 0.15) is 87.3 Å². The van der Waals surface area contributed by atoms with Crippen LogP contribution in [0.5, 0.6) is 0 Å².